The number of aromatic nitrogens is 1. The summed E-state index contributed by atoms with van der Waals surface area (Å²) in [6.07, 6.45) is 4.93. The molecule has 1 aliphatic carbocycles. The van der Waals surface area contributed by atoms with Crippen LogP contribution in [-0.4, -0.2) is 52.0 Å². The molecule has 1 fully saturated rings. The zero-order valence-electron chi connectivity index (χ0n) is 18.6. The molecule has 1 aliphatic heterocycles. The van der Waals surface area contributed by atoms with Gasteiger partial charge in [0.2, 0.25) is 5.91 Å². The molecule has 1 saturated carbocycles. The first-order valence-electron chi connectivity index (χ1n) is 11.2. The van der Waals surface area contributed by atoms with Crippen LogP contribution in [0.2, 0.25) is 0 Å². The standard InChI is InChI=1S/C24H31N3O4/c1-4-7-20-14-21(25-31-20)23(29)26(3)19-10-12-24(13-11-19)16-27(17(2)28)15-18-8-5-6-9-22(18)30-24/h5-6,8-9,14,19H,4,7,10-13,15-16H2,1-3H3. The van der Waals surface area contributed by atoms with Crippen molar-refractivity contribution < 1.29 is 18.8 Å². The Bertz CT molecular complexity index is 946. The average Bonchev–Trinajstić information content (AvgIpc) is 3.16. The summed E-state index contributed by atoms with van der Waals surface area (Å²) >= 11 is 0. The van der Waals surface area contributed by atoms with Gasteiger partial charge in [-0.15, -0.1) is 0 Å². The zero-order valence-corrected chi connectivity index (χ0v) is 18.6. The monoisotopic (exact) mass is 425 g/mol. The Hall–Kier alpha value is -2.83. The molecule has 31 heavy (non-hydrogen) atoms. The number of rotatable bonds is 4. The van der Waals surface area contributed by atoms with Gasteiger partial charge in [-0.3, -0.25) is 9.59 Å². The maximum atomic E-state index is 12.9. The lowest BCUT2D eigenvalue weighted by Crippen LogP contribution is -2.52. The Morgan fingerprint density at radius 3 is 2.71 bits per heavy atom. The molecular weight excluding hydrogens is 394 g/mol. The Balaban J connectivity index is 1.46. The number of hydrogen-bond acceptors (Lipinski definition) is 5. The van der Waals surface area contributed by atoms with E-state index in [-0.39, 0.29) is 17.9 Å². The van der Waals surface area contributed by atoms with Gasteiger partial charge >= 0.3 is 0 Å². The first-order valence-corrected chi connectivity index (χ1v) is 11.2. The van der Waals surface area contributed by atoms with Crippen LogP contribution in [-0.2, 0) is 17.8 Å². The van der Waals surface area contributed by atoms with Gasteiger partial charge in [-0.25, -0.2) is 0 Å². The van der Waals surface area contributed by atoms with Crippen LogP contribution in [0.4, 0.5) is 0 Å². The third kappa shape index (κ3) is 4.45. The molecular formula is C24H31N3O4. The fourth-order valence-corrected chi connectivity index (χ4v) is 4.73. The number of para-hydroxylation sites is 1. The summed E-state index contributed by atoms with van der Waals surface area (Å²) in [5.41, 5.74) is 0.993. The smallest absolute Gasteiger partial charge is 0.276 e. The van der Waals surface area contributed by atoms with Crippen molar-refractivity contribution in [1.29, 1.82) is 0 Å². The van der Waals surface area contributed by atoms with E-state index in [1.807, 2.05) is 36.2 Å². The molecule has 0 saturated heterocycles. The van der Waals surface area contributed by atoms with Gasteiger partial charge in [0.05, 0.1) is 6.54 Å². The maximum absolute atomic E-state index is 12.9. The van der Waals surface area contributed by atoms with E-state index < -0.39 is 5.60 Å². The number of carbonyl (C=O) groups is 2. The number of hydrogen-bond donors (Lipinski definition) is 0. The second-order valence-corrected chi connectivity index (χ2v) is 8.84. The van der Waals surface area contributed by atoms with E-state index in [2.05, 4.69) is 12.1 Å². The van der Waals surface area contributed by atoms with Gasteiger partial charge < -0.3 is 19.1 Å². The molecule has 7 nitrogen and oxygen atoms in total. The fraction of sp³-hybridized carbons (Fsp3) is 0.542. The van der Waals surface area contributed by atoms with Gasteiger partial charge in [0.15, 0.2) is 5.69 Å². The normalized spacial score (nSPS) is 23.1. The third-order valence-electron chi connectivity index (χ3n) is 6.59. The van der Waals surface area contributed by atoms with E-state index in [0.29, 0.717) is 18.8 Å². The van der Waals surface area contributed by atoms with Crippen molar-refractivity contribution in [2.45, 2.75) is 70.6 Å². The highest BCUT2D eigenvalue weighted by Gasteiger charge is 2.43. The first-order chi connectivity index (χ1) is 14.9. The van der Waals surface area contributed by atoms with Crippen molar-refractivity contribution in [3.05, 3.63) is 47.3 Å². The van der Waals surface area contributed by atoms with Gasteiger partial charge in [-0.2, -0.15) is 0 Å². The van der Waals surface area contributed by atoms with E-state index in [4.69, 9.17) is 9.26 Å². The predicted molar refractivity (Wildman–Crippen MR) is 116 cm³/mol. The number of amides is 2. The summed E-state index contributed by atoms with van der Waals surface area (Å²) in [5, 5.41) is 3.97. The molecule has 1 aromatic heterocycles. The van der Waals surface area contributed by atoms with Crippen LogP contribution in [0.5, 0.6) is 5.75 Å². The number of benzene rings is 1. The molecule has 7 heteroatoms. The quantitative estimate of drug-likeness (QED) is 0.744. The minimum Gasteiger partial charge on any atom is -0.485 e. The second kappa shape index (κ2) is 8.73. The van der Waals surface area contributed by atoms with Crippen LogP contribution in [0.1, 0.15) is 67.8 Å². The molecule has 2 aromatic rings. The summed E-state index contributed by atoms with van der Waals surface area (Å²) in [6.45, 7) is 4.83. The third-order valence-corrected chi connectivity index (χ3v) is 6.59. The molecule has 2 heterocycles. The van der Waals surface area contributed by atoms with Gasteiger partial charge in [0, 0.05) is 44.6 Å². The Morgan fingerprint density at radius 1 is 1.26 bits per heavy atom. The van der Waals surface area contributed by atoms with Crippen molar-refractivity contribution in [2.75, 3.05) is 13.6 Å². The molecule has 2 amide bonds. The molecule has 0 atom stereocenters. The molecule has 1 aromatic carbocycles. The van der Waals surface area contributed by atoms with Gasteiger partial charge in [0.1, 0.15) is 17.1 Å². The van der Waals surface area contributed by atoms with Crippen LogP contribution in [0.15, 0.2) is 34.9 Å². The van der Waals surface area contributed by atoms with Gasteiger partial charge in [-0.1, -0.05) is 30.3 Å². The number of carbonyl (C=O) groups excluding carboxylic acids is 2. The van der Waals surface area contributed by atoms with Crippen LogP contribution >= 0.6 is 0 Å². The maximum Gasteiger partial charge on any atom is 0.276 e. The number of fused-ring (bicyclic) bond motifs is 1. The molecule has 166 valence electrons. The summed E-state index contributed by atoms with van der Waals surface area (Å²) < 4.78 is 11.8. The zero-order chi connectivity index (χ0) is 22.0. The Morgan fingerprint density at radius 2 is 2.00 bits per heavy atom. The molecule has 0 radical (unpaired) electrons. The van der Waals surface area contributed by atoms with E-state index in [0.717, 1.165) is 55.6 Å². The minimum atomic E-state index is -0.416. The van der Waals surface area contributed by atoms with Crippen molar-refractivity contribution in [3.63, 3.8) is 0 Å². The molecule has 1 spiro atoms. The average molecular weight is 426 g/mol. The SMILES string of the molecule is CCCc1cc(C(=O)N(C)C2CCC3(CC2)CN(C(C)=O)Cc2ccccc2O3)no1. The first kappa shape index (κ1) is 21.4. The van der Waals surface area contributed by atoms with Crippen molar-refractivity contribution in [2.24, 2.45) is 0 Å². The highest BCUT2D eigenvalue weighted by atomic mass is 16.5. The second-order valence-electron chi connectivity index (χ2n) is 8.84. The Kier molecular flexibility index (Phi) is 6.03. The van der Waals surface area contributed by atoms with Crippen LogP contribution in [0.3, 0.4) is 0 Å². The van der Waals surface area contributed by atoms with E-state index in [9.17, 15) is 9.59 Å². The summed E-state index contributed by atoms with van der Waals surface area (Å²) in [4.78, 5) is 28.8. The van der Waals surface area contributed by atoms with E-state index in [1.165, 1.54) is 0 Å². The van der Waals surface area contributed by atoms with Gasteiger partial charge in [0.25, 0.3) is 5.91 Å². The minimum absolute atomic E-state index is 0.0583. The highest BCUT2D eigenvalue weighted by molar-refractivity contribution is 5.92. The molecule has 4 rings (SSSR count). The fourth-order valence-electron chi connectivity index (χ4n) is 4.73. The largest absolute Gasteiger partial charge is 0.485 e. The number of ether oxygens (including phenoxy) is 1. The highest BCUT2D eigenvalue weighted by Crippen LogP contribution is 2.39. The van der Waals surface area contributed by atoms with Crippen molar-refractivity contribution in [1.82, 2.24) is 15.0 Å². The number of aryl methyl sites for hydroxylation is 1. The lowest BCUT2D eigenvalue weighted by atomic mass is 9.81. The van der Waals surface area contributed by atoms with Gasteiger partial charge in [-0.05, 0) is 38.2 Å². The summed E-state index contributed by atoms with van der Waals surface area (Å²) in [6, 6.07) is 9.82. The molecule has 0 N–H and O–H groups in total. The Labute approximate surface area is 183 Å². The summed E-state index contributed by atoms with van der Waals surface area (Å²) in [7, 11) is 1.84. The van der Waals surface area contributed by atoms with E-state index >= 15 is 0 Å². The van der Waals surface area contributed by atoms with Crippen molar-refractivity contribution in [3.8, 4) is 5.75 Å². The van der Waals surface area contributed by atoms with Crippen LogP contribution < -0.4 is 4.74 Å². The van der Waals surface area contributed by atoms with E-state index in [1.54, 1.807) is 17.9 Å². The lowest BCUT2D eigenvalue weighted by Gasteiger charge is -2.43. The lowest BCUT2D eigenvalue weighted by molar-refractivity contribution is -0.132. The molecule has 2 aliphatic rings. The van der Waals surface area contributed by atoms with Crippen LogP contribution in [0.25, 0.3) is 0 Å². The molecule has 0 bridgehead atoms. The summed E-state index contributed by atoms with van der Waals surface area (Å²) in [5.74, 6) is 1.56. The predicted octanol–water partition coefficient (Wildman–Crippen LogP) is 3.82. The number of nitrogens with zero attached hydrogens (tertiary/aromatic N) is 3. The van der Waals surface area contributed by atoms with Crippen molar-refractivity contribution >= 4 is 11.8 Å². The van der Waals surface area contributed by atoms with Crippen LogP contribution in [0, 0.1) is 0 Å². The topological polar surface area (TPSA) is 75.9 Å². The molecule has 0 unspecified atom stereocenters.